The number of benzene rings is 2. The van der Waals surface area contributed by atoms with E-state index >= 15 is 0 Å². The molecule has 0 aliphatic carbocycles. The Labute approximate surface area is 279 Å². The molecule has 0 aliphatic rings. The molecule has 8 nitrogen and oxygen atoms in total. The van der Waals surface area contributed by atoms with Crippen molar-refractivity contribution >= 4 is 22.1 Å². The van der Waals surface area contributed by atoms with Crippen LogP contribution in [0.5, 0.6) is 0 Å². The van der Waals surface area contributed by atoms with Gasteiger partial charge in [-0.2, -0.15) is 0 Å². The molecule has 0 radical (unpaired) electrons. The molecule has 4 aromatic rings. The van der Waals surface area contributed by atoms with Gasteiger partial charge in [0.25, 0.3) is 0 Å². The smallest absolute Gasteiger partial charge is 0.113 e. The Balaban J connectivity index is 0.000000266. The van der Waals surface area contributed by atoms with Crippen molar-refractivity contribution in [3.05, 3.63) is 48.5 Å². The maximum absolute atomic E-state index is 4.40. The summed E-state index contributed by atoms with van der Waals surface area (Å²) in [7, 11) is 0. The lowest BCUT2D eigenvalue weighted by Crippen LogP contribution is -2.29. The second-order valence-electron chi connectivity index (χ2n) is 13.0. The molecule has 2 heterocycles. The number of fused-ring (bicyclic) bond motifs is 2. The maximum atomic E-state index is 4.40. The molecule has 2 aromatic carbocycles. The summed E-state index contributed by atoms with van der Waals surface area (Å²) in [5.41, 5.74) is 4.20. The largest absolute Gasteiger partial charge is 0.298 e. The van der Waals surface area contributed by atoms with Crippen LogP contribution in [0.2, 0.25) is 0 Å². The van der Waals surface area contributed by atoms with Gasteiger partial charge < -0.3 is 0 Å². The first-order chi connectivity index (χ1) is 22.7. The Morgan fingerprint density at radius 3 is 1.67 bits per heavy atom. The van der Waals surface area contributed by atoms with Crippen LogP contribution in [0, 0.1) is 5.92 Å². The van der Waals surface area contributed by atoms with Crippen LogP contribution in [0.1, 0.15) is 130 Å². The van der Waals surface area contributed by atoms with Gasteiger partial charge in [-0.3, -0.25) is 10.2 Å². The van der Waals surface area contributed by atoms with E-state index in [2.05, 4.69) is 81.4 Å². The van der Waals surface area contributed by atoms with Crippen molar-refractivity contribution in [3.63, 3.8) is 0 Å². The van der Waals surface area contributed by atoms with Gasteiger partial charge >= 0.3 is 0 Å². The molecule has 0 spiro atoms. The van der Waals surface area contributed by atoms with Gasteiger partial charge in [0.2, 0.25) is 0 Å². The van der Waals surface area contributed by atoms with Gasteiger partial charge in [-0.05, 0) is 69.1 Å². The highest BCUT2D eigenvalue weighted by molar-refractivity contribution is 5.74. The number of aromatic nitrogens is 6. The van der Waals surface area contributed by atoms with Gasteiger partial charge in [0.1, 0.15) is 11.0 Å². The summed E-state index contributed by atoms with van der Waals surface area (Å²) in [6, 6.07) is 16.4. The van der Waals surface area contributed by atoms with Gasteiger partial charge in [-0.15, -0.1) is 10.2 Å². The monoisotopic (exact) mass is 633 g/mol. The Morgan fingerprint density at radius 2 is 1.11 bits per heavy atom. The predicted molar refractivity (Wildman–Crippen MR) is 195 cm³/mol. The summed E-state index contributed by atoms with van der Waals surface area (Å²) in [6.07, 6.45) is 21.4. The van der Waals surface area contributed by atoms with Gasteiger partial charge in [0.15, 0.2) is 0 Å². The Hall–Kier alpha value is -2.84. The molecule has 0 amide bonds. The molecule has 2 aromatic heterocycles. The van der Waals surface area contributed by atoms with E-state index in [0.29, 0.717) is 0 Å². The van der Waals surface area contributed by atoms with Gasteiger partial charge in [-0.25, -0.2) is 9.36 Å². The second-order valence-corrected chi connectivity index (χ2v) is 13.0. The van der Waals surface area contributed by atoms with E-state index in [1.54, 1.807) is 0 Å². The average molecular weight is 633 g/mol. The molecule has 1 unspecified atom stereocenters. The molecular weight excluding hydrogens is 568 g/mol. The van der Waals surface area contributed by atoms with Crippen LogP contribution in [-0.2, 0) is 13.3 Å². The van der Waals surface area contributed by atoms with Crippen molar-refractivity contribution in [1.82, 2.24) is 40.2 Å². The van der Waals surface area contributed by atoms with E-state index < -0.39 is 0 Å². The van der Waals surface area contributed by atoms with Crippen LogP contribution in [0.15, 0.2) is 48.5 Å². The molecule has 4 rings (SSSR count). The summed E-state index contributed by atoms with van der Waals surface area (Å²) in [6.45, 7) is 14.1. The van der Waals surface area contributed by atoms with Crippen LogP contribution in [-0.4, -0.2) is 54.5 Å². The molecule has 46 heavy (non-hydrogen) atoms. The van der Waals surface area contributed by atoms with Gasteiger partial charge in [0.05, 0.1) is 24.4 Å². The fourth-order valence-electron chi connectivity index (χ4n) is 6.05. The Kier molecular flexibility index (Phi) is 19.2. The molecular formula is C38H64N8. The van der Waals surface area contributed by atoms with Crippen LogP contribution in [0.4, 0.5) is 0 Å². The van der Waals surface area contributed by atoms with Crippen molar-refractivity contribution in [1.29, 1.82) is 0 Å². The number of nitrogens with one attached hydrogen (secondary N) is 1. The normalized spacial score (nSPS) is 12.2. The summed E-state index contributed by atoms with van der Waals surface area (Å²) in [5, 5.41) is 20.6. The molecule has 8 heteroatoms. The van der Waals surface area contributed by atoms with Crippen LogP contribution in [0.3, 0.4) is 0 Å². The molecule has 0 saturated heterocycles. The van der Waals surface area contributed by atoms with E-state index in [1.165, 1.54) is 116 Å². The Bertz CT molecular complexity index is 1280. The van der Waals surface area contributed by atoms with E-state index in [-0.39, 0.29) is 0 Å². The number of unbranched alkanes of at least 4 members (excludes halogenated alkanes) is 11. The third-order valence-corrected chi connectivity index (χ3v) is 9.07. The zero-order valence-corrected chi connectivity index (χ0v) is 29.7. The highest BCUT2D eigenvalue weighted by Crippen LogP contribution is 2.14. The fraction of sp³-hybridized carbons (Fsp3) is 0.684. The van der Waals surface area contributed by atoms with Gasteiger partial charge in [-0.1, -0.05) is 146 Å². The van der Waals surface area contributed by atoms with E-state index in [0.717, 1.165) is 47.9 Å². The third-order valence-electron chi connectivity index (χ3n) is 9.07. The first-order valence-corrected chi connectivity index (χ1v) is 18.7. The number of rotatable bonds is 24. The minimum absolute atomic E-state index is 0.739. The van der Waals surface area contributed by atoms with Crippen molar-refractivity contribution in [3.8, 4) is 0 Å². The molecule has 0 bridgehead atoms. The van der Waals surface area contributed by atoms with Gasteiger partial charge in [0, 0.05) is 0 Å². The summed E-state index contributed by atoms with van der Waals surface area (Å²) in [5.74, 6) is 0.773. The van der Waals surface area contributed by atoms with Crippen molar-refractivity contribution in [2.24, 2.45) is 5.92 Å². The molecule has 1 atom stereocenters. The first-order valence-electron chi connectivity index (χ1n) is 18.7. The van der Waals surface area contributed by atoms with E-state index in [9.17, 15) is 0 Å². The SMILES string of the molecule is CCCCC(CC)CNCn1nnc2ccccc21.CCCCCCCCN(CCCCCCCC)Cn1nnc2ccccc21. The zero-order chi connectivity index (χ0) is 32.7. The lowest BCUT2D eigenvalue weighted by atomic mass is 9.99. The number of hydrogen-bond acceptors (Lipinski definition) is 6. The quantitative estimate of drug-likeness (QED) is 0.0775. The summed E-state index contributed by atoms with van der Waals surface area (Å²) >= 11 is 0. The van der Waals surface area contributed by atoms with E-state index in [4.69, 9.17) is 0 Å². The first kappa shape index (κ1) is 37.6. The number of para-hydroxylation sites is 2. The van der Waals surface area contributed by atoms with Crippen molar-refractivity contribution in [2.45, 2.75) is 144 Å². The fourth-order valence-corrected chi connectivity index (χ4v) is 6.05. The minimum Gasteiger partial charge on any atom is -0.298 e. The molecule has 0 aliphatic heterocycles. The molecule has 1 N–H and O–H groups in total. The van der Waals surface area contributed by atoms with Crippen LogP contribution >= 0.6 is 0 Å². The Morgan fingerprint density at radius 1 is 0.609 bits per heavy atom. The predicted octanol–water partition coefficient (Wildman–Crippen LogP) is 9.61. The average Bonchev–Trinajstić information content (AvgIpc) is 3.70. The lowest BCUT2D eigenvalue weighted by Gasteiger charge is -2.22. The third kappa shape index (κ3) is 13.9. The summed E-state index contributed by atoms with van der Waals surface area (Å²) < 4.78 is 4.01. The lowest BCUT2D eigenvalue weighted by molar-refractivity contribution is 0.199. The second kappa shape index (κ2) is 23.5. The number of nitrogens with zero attached hydrogens (tertiary/aromatic N) is 7. The van der Waals surface area contributed by atoms with Crippen molar-refractivity contribution < 1.29 is 0 Å². The summed E-state index contributed by atoms with van der Waals surface area (Å²) in [4.78, 5) is 2.58. The topological polar surface area (TPSA) is 76.7 Å². The molecule has 0 fully saturated rings. The standard InChI is InChI=1S/C23H40N4.C15H24N4/c1-3-5-7-9-11-15-19-26(20-16-12-10-8-6-4-2)21-27-23-18-14-13-17-22(23)24-25-27;1-3-5-8-13(4-2)11-16-12-19-15-10-7-6-9-14(15)17-18-19/h13-14,17-18H,3-12,15-16,19-21H2,1-2H3;6-7,9-10,13,16H,3-5,8,11-12H2,1-2H3. The zero-order valence-electron chi connectivity index (χ0n) is 29.7. The molecule has 256 valence electrons. The van der Waals surface area contributed by atoms with Crippen LogP contribution < -0.4 is 5.32 Å². The van der Waals surface area contributed by atoms with E-state index in [1.807, 2.05) is 35.0 Å². The van der Waals surface area contributed by atoms with Crippen LogP contribution in [0.25, 0.3) is 22.1 Å². The highest BCUT2D eigenvalue weighted by Gasteiger charge is 2.10. The minimum atomic E-state index is 0.739. The molecule has 0 saturated carbocycles. The number of hydrogen-bond donors (Lipinski definition) is 1. The maximum Gasteiger partial charge on any atom is 0.113 e. The van der Waals surface area contributed by atoms with Crippen molar-refractivity contribution in [2.75, 3.05) is 19.6 Å². The highest BCUT2D eigenvalue weighted by atomic mass is 15.5.